The highest BCUT2D eigenvalue weighted by Gasteiger charge is 2.11. The van der Waals surface area contributed by atoms with E-state index in [2.05, 4.69) is 4.99 Å². The Kier molecular flexibility index (Phi) is 4.88. The molecule has 21 heavy (non-hydrogen) atoms. The summed E-state index contributed by atoms with van der Waals surface area (Å²) in [5.74, 6) is 0.522. The number of carbonyl (C=O) groups is 1. The van der Waals surface area contributed by atoms with E-state index in [1.807, 2.05) is 6.92 Å². The van der Waals surface area contributed by atoms with Crippen LogP contribution in [0.1, 0.15) is 22.8 Å². The maximum absolute atomic E-state index is 12.4. The van der Waals surface area contributed by atoms with Crippen LogP contribution in [0.2, 0.25) is 5.02 Å². The molecule has 0 atom stereocenters. The largest absolute Gasteiger partial charge is 0.494 e. The second-order valence-corrected chi connectivity index (χ2v) is 4.56. The standard InChI is InChI=1S/C16H12ClNO3/c1-2-21-13-6-3-11(4-7-13)16(20)12-5-8-14(17)15(9-12)18-10-19/h3-9H,2H2,1H3. The number of hydrogen-bond donors (Lipinski definition) is 0. The van der Waals surface area contributed by atoms with Gasteiger partial charge in [-0.3, -0.25) is 4.79 Å². The molecule has 2 rings (SSSR count). The highest BCUT2D eigenvalue weighted by Crippen LogP contribution is 2.26. The van der Waals surface area contributed by atoms with Crippen LogP contribution >= 0.6 is 11.6 Å². The molecule has 0 aliphatic carbocycles. The van der Waals surface area contributed by atoms with Crippen molar-refractivity contribution in [3.8, 4) is 5.75 Å². The van der Waals surface area contributed by atoms with E-state index < -0.39 is 0 Å². The van der Waals surface area contributed by atoms with Gasteiger partial charge in [0.05, 0.1) is 17.3 Å². The molecule has 5 heteroatoms. The number of carbonyl (C=O) groups excluding carboxylic acids is 2. The fourth-order valence-corrected chi connectivity index (χ4v) is 1.98. The molecular formula is C16H12ClNO3. The summed E-state index contributed by atoms with van der Waals surface area (Å²) in [7, 11) is 0. The van der Waals surface area contributed by atoms with Gasteiger partial charge in [0, 0.05) is 11.1 Å². The van der Waals surface area contributed by atoms with Gasteiger partial charge in [0.2, 0.25) is 6.08 Å². The molecule has 0 N–H and O–H groups in total. The van der Waals surface area contributed by atoms with Crippen LogP contribution < -0.4 is 4.74 Å². The highest BCUT2D eigenvalue weighted by atomic mass is 35.5. The Morgan fingerprint density at radius 3 is 2.48 bits per heavy atom. The molecule has 0 aliphatic heterocycles. The van der Waals surface area contributed by atoms with Crippen LogP contribution in [0.5, 0.6) is 5.75 Å². The van der Waals surface area contributed by atoms with E-state index in [-0.39, 0.29) is 11.5 Å². The van der Waals surface area contributed by atoms with E-state index in [1.165, 1.54) is 18.2 Å². The first kappa shape index (κ1) is 15.0. The van der Waals surface area contributed by atoms with E-state index in [1.54, 1.807) is 30.3 Å². The van der Waals surface area contributed by atoms with E-state index in [0.717, 1.165) is 0 Å². The van der Waals surface area contributed by atoms with Crippen molar-refractivity contribution in [2.24, 2.45) is 4.99 Å². The van der Waals surface area contributed by atoms with Crippen molar-refractivity contribution in [2.45, 2.75) is 6.92 Å². The average Bonchev–Trinajstić information content (AvgIpc) is 2.50. The van der Waals surface area contributed by atoms with Crippen LogP contribution in [0.3, 0.4) is 0 Å². The fraction of sp³-hybridized carbons (Fsp3) is 0.125. The number of benzene rings is 2. The minimum absolute atomic E-state index is 0.183. The van der Waals surface area contributed by atoms with E-state index in [0.29, 0.717) is 28.5 Å². The number of hydrogen-bond acceptors (Lipinski definition) is 4. The lowest BCUT2D eigenvalue weighted by Crippen LogP contribution is -2.01. The minimum atomic E-state index is -0.183. The van der Waals surface area contributed by atoms with Crippen molar-refractivity contribution in [1.29, 1.82) is 0 Å². The van der Waals surface area contributed by atoms with Gasteiger partial charge >= 0.3 is 0 Å². The Morgan fingerprint density at radius 2 is 1.86 bits per heavy atom. The van der Waals surface area contributed by atoms with E-state index in [9.17, 15) is 9.59 Å². The van der Waals surface area contributed by atoms with Gasteiger partial charge < -0.3 is 4.74 Å². The zero-order valence-electron chi connectivity index (χ0n) is 11.3. The summed E-state index contributed by atoms with van der Waals surface area (Å²) < 4.78 is 5.33. The first-order chi connectivity index (χ1) is 10.2. The lowest BCUT2D eigenvalue weighted by Gasteiger charge is -2.05. The number of ketones is 1. The predicted octanol–water partition coefficient (Wildman–Crippen LogP) is 3.94. The van der Waals surface area contributed by atoms with Crippen molar-refractivity contribution >= 4 is 29.2 Å². The third kappa shape index (κ3) is 3.57. The first-order valence-electron chi connectivity index (χ1n) is 6.30. The number of aliphatic imine (C=N–C) groups is 1. The van der Waals surface area contributed by atoms with Crippen molar-refractivity contribution in [2.75, 3.05) is 6.61 Å². The SMILES string of the molecule is CCOc1ccc(C(=O)c2ccc(Cl)c(N=C=O)c2)cc1. The normalized spacial score (nSPS) is 9.81. The van der Waals surface area contributed by atoms with Crippen LogP contribution in [0.15, 0.2) is 47.5 Å². The molecule has 0 aromatic heterocycles. The molecule has 2 aromatic rings. The molecule has 106 valence electrons. The molecule has 0 saturated carbocycles. The Labute approximate surface area is 127 Å². The maximum Gasteiger partial charge on any atom is 0.240 e. The van der Waals surface area contributed by atoms with Crippen LogP contribution in [-0.2, 0) is 4.79 Å². The van der Waals surface area contributed by atoms with Gasteiger partial charge in [0.1, 0.15) is 5.75 Å². The molecule has 0 heterocycles. The molecule has 0 aliphatic rings. The summed E-state index contributed by atoms with van der Waals surface area (Å²) in [6.07, 6.45) is 1.41. The summed E-state index contributed by atoms with van der Waals surface area (Å²) >= 11 is 5.88. The Balaban J connectivity index is 2.31. The molecule has 0 saturated heterocycles. The van der Waals surface area contributed by atoms with E-state index >= 15 is 0 Å². The second-order valence-electron chi connectivity index (χ2n) is 4.16. The van der Waals surface area contributed by atoms with Crippen LogP contribution in [0, 0.1) is 0 Å². The number of isocyanates is 1. The number of nitrogens with zero attached hydrogens (tertiary/aromatic N) is 1. The van der Waals surface area contributed by atoms with Gasteiger partial charge in [0.15, 0.2) is 5.78 Å². The summed E-state index contributed by atoms with van der Waals surface area (Å²) in [6.45, 7) is 2.46. The van der Waals surface area contributed by atoms with Crippen LogP contribution in [0.4, 0.5) is 5.69 Å². The summed E-state index contributed by atoms with van der Waals surface area (Å²) in [5, 5.41) is 0.293. The Bertz CT molecular complexity index is 704. The molecule has 4 nitrogen and oxygen atoms in total. The first-order valence-corrected chi connectivity index (χ1v) is 6.68. The van der Waals surface area contributed by atoms with Crippen LogP contribution in [0.25, 0.3) is 0 Å². The Hall–Kier alpha value is -2.42. The van der Waals surface area contributed by atoms with Crippen molar-refractivity contribution in [1.82, 2.24) is 0 Å². The lowest BCUT2D eigenvalue weighted by atomic mass is 10.0. The fourth-order valence-electron chi connectivity index (χ4n) is 1.82. The molecular weight excluding hydrogens is 290 g/mol. The van der Waals surface area contributed by atoms with E-state index in [4.69, 9.17) is 16.3 Å². The zero-order chi connectivity index (χ0) is 15.2. The van der Waals surface area contributed by atoms with Gasteiger partial charge in [0.25, 0.3) is 0 Å². The molecule has 0 amide bonds. The quantitative estimate of drug-likeness (QED) is 0.477. The molecule has 0 unspecified atom stereocenters. The van der Waals surface area contributed by atoms with Crippen molar-refractivity contribution in [3.63, 3.8) is 0 Å². The van der Waals surface area contributed by atoms with Gasteiger partial charge in [-0.05, 0) is 49.4 Å². The summed E-state index contributed by atoms with van der Waals surface area (Å²) in [4.78, 5) is 26.2. The second kappa shape index (κ2) is 6.84. The molecule has 0 spiro atoms. The minimum Gasteiger partial charge on any atom is -0.494 e. The third-order valence-electron chi connectivity index (χ3n) is 2.80. The number of rotatable bonds is 5. The molecule has 0 bridgehead atoms. The predicted molar refractivity (Wildman–Crippen MR) is 80.3 cm³/mol. The summed E-state index contributed by atoms with van der Waals surface area (Å²) in [5.41, 5.74) is 1.14. The smallest absolute Gasteiger partial charge is 0.240 e. The summed E-state index contributed by atoms with van der Waals surface area (Å²) in [6, 6.07) is 11.4. The third-order valence-corrected chi connectivity index (χ3v) is 3.12. The molecule has 0 fully saturated rings. The van der Waals surface area contributed by atoms with Crippen LogP contribution in [-0.4, -0.2) is 18.5 Å². The number of halogens is 1. The molecule has 0 radical (unpaired) electrons. The maximum atomic E-state index is 12.4. The highest BCUT2D eigenvalue weighted by molar-refractivity contribution is 6.33. The van der Waals surface area contributed by atoms with Crippen molar-refractivity contribution in [3.05, 3.63) is 58.6 Å². The van der Waals surface area contributed by atoms with Gasteiger partial charge in [-0.15, -0.1) is 0 Å². The van der Waals surface area contributed by atoms with Gasteiger partial charge in [-0.1, -0.05) is 11.6 Å². The van der Waals surface area contributed by atoms with Crippen molar-refractivity contribution < 1.29 is 14.3 Å². The number of ether oxygens (including phenoxy) is 1. The zero-order valence-corrected chi connectivity index (χ0v) is 12.1. The van der Waals surface area contributed by atoms with Gasteiger partial charge in [-0.25, -0.2) is 4.79 Å². The topological polar surface area (TPSA) is 55.7 Å². The lowest BCUT2D eigenvalue weighted by molar-refractivity contribution is 0.103. The monoisotopic (exact) mass is 301 g/mol. The molecule has 2 aromatic carbocycles. The average molecular weight is 302 g/mol. The Morgan fingerprint density at radius 1 is 1.19 bits per heavy atom. The van der Waals surface area contributed by atoms with Gasteiger partial charge in [-0.2, -0.15) is 4.99 Å².